The Hall–Kier alpha value is -1.27. The van der Waals surface area contributed by atoms with Gasteiger partial charge in [0.05, 0.1) is 17.6 Å². The van der Waals surface area contributed by atoms with Crippen molar-refractivity contribution in [3.63, 3.8) is 0 Å². The lowest BCUT2D eigenvalue weighted by Crippen LogP contribution is -2.43. The van der Waals surface area contributed by atoms with Crippen molar-refractivity contribution in [3.8, 4) is 0 Å². The van der Waals surface area contributed by atoms with Crippen molar-refractivity contribution >= 4 is 29.2 Å². The molecule has 0 bridgehead atoms. The van der Waals surface area contributed by atoms with E-state index < -0.39 is 0 Å². The molecule has 98 valence electrons. The summed E-state index contributed by atoms with van der Waals surface area (Å²) in [5.74, 6) is 1.07. The Morgan fingerprint density at radius 1 is 1.50 bits per heavy atom. The number of anilines is 2. The minimum Gasteiger partial charge on any atom is -0.368 e. The quantitative estimate of drug-likeness (QED) is 0.844. The summed E-state index contributed by atoms with van der Waals surface area (Å²) < 4.78 is 0. The predicted molar refractivity (Wildman–Crippen MR) is 76.3 cm³/mol. The van der Waals surface area contributed by atoms with Crippen LogP contribution in [0.2, 0.25) is 0 Å². The highest BCUT2D eigenvalue weighted by Crippen LogP contribution is 2.15. The fourth-order valence-electron chi connectivity index (χ4n) is 1.88. The van der Waals surface area contributed by atoms with Crippen molar-refractivity contribution in [2.75, 3.05) is 48.4 Å². The molecule has 5 nitrogen and oxygen atoms in total. The van der Waals surface area contributed by atoms with E-state index in [1.54, 1.807) is 0 Å². The van der Waals surface area contributed by atoms with Gasteiger partial charge in [-0.1, -0.05) is 0 Å². The van der Waals surface area contributed by atoms with Gasteiger partial charge in [-0.15, -0.1) is 0 Å². The second kappa shape index (κ2) is 6.61. The number of hydrogen-bond donors (Lipinski definition) is 2. The van der Waals surface area contributed by atoms with Gasteiger partial charge >= 0.3 is 0 Å². The lowest BCUT2D eigenvalue weighted by molar-refractivity contribution is -0.113. The highest BCUT2D eigenvalue weighted by Gasteiger charge is 2.10. The van der Waals surface area contributed by atoms with E-state index in [0.29, 0.717) is 11.6 Å². The molecule has 6 heteroatoms. The molecule has 0 unspecified atom stereocenters. The molecule has 1 aromatic rings. The molecule has 1 aliphatic rings. The maximum Gasteiger partial charge on any atom is 0.235 e. The van der Waals surface area contributed by atoms with E-state index in [2.05, 4.69) is 20.5 Å². The summed E-state index contributed by atoms with van der Waals surface area (Å²) in [6.07, 6.45) is 3.72. The van der Waals surface area contributed by atoms with Gasteiger partial charge in [-0.05, 0) is 18.4 Å². The second-order valence-corrected chi connectivity index (χ2v) is 4.99. The Morgan fingerprint density at radius 3 is 2.89 bits per heavy atom. The standard InChI is InChI=1S/C12H18N4OS/c1-18-9-12(17)15-11-3-2-10(8-14-11)16-6-4-13-5-7-16/h2-3,8,13H,4-7,9H2,1H3,(H,14,15,17). The normalized spacial score (nSPS) is 15.5. The number of amides is 1. The van der Waals surface area contributed by atoms with Gasteiger partial charge in [-0.2, -0.15) is 11.8 Å². The molecular formula is C12H18N4OS. The number of pyridine rings is 1. The first-order chi connectivity index (χ1) is 8.79. The number of piperazine rings is 1. The second-order valence-electron chi connectivity index (χ2n) is 4.12. The maximum atomic E-state index is 11.4. The number of nitrogens with one attached hydrogen (secondary N) is 2. The van der Waals surface area contributed by atoms with E-state index in [1.165, 1.54) is 11.8 Å². The Bertz CT molecular complexity index is 390. The van der Waals surface area contributed by atoms with Crippen LogP contribution in [0.25, 0.3) is 0 Å². The predicted octanol–water partition coefficient (Wildman–Crippen LogP) is 0.793. The molecule has 0 aromatic carbocycles. The van der Waals surface area contributed by atoms with Gasteiger partial charge < -0.3 is 15.5 Å². The van der Waals surface area contributed by atoms with Crippen LogP contribution in [0, 0.1) is 0 Å². The first-order valence-corrected chi connectivity index (χ1v) is 7.39. The number of nitrogens with zero attached hydrogens (tertiary/aromatic N) is 2. The minimum absolute atomic E-state index is 0.00933. The van der Waals surface area contributed by atoms with Gasteiger partial charge in [0.2, 0.25) is 5.91 Å². The number of hydrogen-bond acceptors (Lipinski definition) is 5. The molecule has 0 spiro atoms. The first-order valence-electron chi connectivity index (χ1n) is 6.00. The van der Waals surface area contributed by atoms with Crippen LogP contribution in [-0.2, 0) is 4.79 Å². The highest BCUT2D eigenvalue weighted by atomic mass is 32.2. The minimum atomic E-state index is -0.00933. The van der Waals surface area contributed by atoms with Crippen molar-refractivity contribution in [2.45, 2.75) is 0 Å². The van der Waals surface area contributed by atoms with Crippen LogP contribution >= 0.6 is 11.8 Å². The third kappa shape index (κ3) is 3.61. The van der Waals surface area contributed by atoms with Crippen molar-refractivity contribution in [3.05, 3.63) is 18.3 Å². The number of carbonyl (C=O) groups excluding carboxylic acids is 1. The SMILES string of the molecule is CSCC(=O)Nc1ccc(N2CCNCC2)cn1. The maximum absolute atomic E-state index is 11.4. The highest BCUT2D eigenvalue weighted by molar-refractivity contribution is 7.99. The van der Waals surface area contributed by atoms with Gasteiger partial charge in [0.1, 0.15) is 5.82 Å². The van der Waals surface area contributed by atoms with E-state index in [4.69, 9.17) is 0 Å². The molecule has 1 amide bonds. The first kappa shape index (κ1) is 13.2. The fraction of sp³-hybridized carbons (Fsp3) is 0.500. The Morgan fingerprint density at radius 2 is 2.28 bits per heavy atom. The Labute approximate surface area is 111 Å². The van der Waals surface area contributed by atoms with Gasteiger partial charge in [-0.3, -0.25) is 4.79 Å². The summed E-state index contributed by atoms with van der Waals surface area (Å²) in [7, 11) is 0. The molecule has 2 N–H and O–H groups in total. The number of rotatable bonds is 4. The lowest BCUT2D eigenvalue weighted by Gasteiger charge is -2.29. The average Bonchev–Trinajstić information content (AvgIpc) is 2.41. The molecule has 0 saturated carbocycles. The third-order valence-electron chi connectivity index (χ3n) is 2.77. The van der Waals surface area contributed by atoms with Crippen LogP contribution in [0.3, 0.4) is 0 Å². The molecule has 2 rings (SSSR count). The van der Waals surface area contributed by atoms with E-state index in [9.17, 15) is 4.79 Å². The van der Waals surface area contributed by atoms with Gasteiger partial charge in [-0.25, -0.2) is 4.98 Å². The molecule has 1 fully saturated rings. The van der Waals surface area contributed by atoms with Gasteiger partial charge in [0, 0.05) is 26.2 Å². The molecule has 1 aliphatic heterocycles. The molecule has 0 atom stereocenters. The number of carbonyl (C=O) groups is 1. The molecule has 1 aromatic heterocycles. The van der Waals surface area contributed by atoms with Crippen LogP contribution in [0.4, 0.5) is 11.5 Å². The monoisotopic (exact) mass is 266 g/mol. The molecule has 0 radical (unpaired) electrons. The Kier molecular flexibility index (Phi) is 4.83. The van der Waals surface area contributed by atoms with Crippen LogP contribution in [0.5, 0.6) is 0 Å². The summed E-state index contributed by atoms with van der Waals surface area (Å²) in [4.78, 5) is 18.0. The summed E-state index contributed by atoms with van der Waals surface area (Å²) in [5, 5.41) is 6.09. The topological polar surface area (TPSA) is 57.3 Å². The Balaban J connectivity index is 1.94. The van der Waals surface area contributed by atoms with E-state index >= 15 is 0 Å². The summed E-state index contributed by atoms with van der Waals surface area (Å²) in [5.41, 5.74) is 1.11. The van der Waals surface area contributed by atoms with Crippen LogP contribution in [0.1, 0.15) is 0 Å². The van der Waals surface area contributed by atoms with Crippen molar-refractivity contribution < 1.29 is 4.79 Å². The number of aromatic nitrogens is 1. The lowest BCUT2D eigenvalue weighted by atomic mass is 10.3. The molecule has 18 heavy (non-hydrogen) atoms. The van der Waals surface area contributed by atoms with Crippen LogP contribution in [0.15, 0.2) is 18.3 Å². The fourth-order valence-corrected chi connectivity index (χ4v) is 2.21. The van der Waals surface area contributed by atoms with Crippen molar-refractivity contribution in [1.29, 1.82) is 0 Å². The third-order valence-corrected chi connectivity index (χ3v) is 3.32. The zero-order valence-electron chi connectivity index (χ0n) is 10.5. The summed E-state index contributed by atoms with van der Waals surface area (Å²) in [6.45, 7) is 4.01. The van der Waals surface area contributed by atoms with Crippen LogP contribution in [-0.4, -0.2) is 49.1 Å². The molecular weight excluding hydrogens is 248 g/mol. The smallest absolute Gasteiger partial charge is 0.235 e. The van der Waals surface area contributed by atoms with Gasteiger partial charge in [0.25, 0.3) is 0 Å². The number of thioether (sulfide) groups is 1. The van der Waals surface area contributed by atoms with Crippen molar-refractivity contribution in [1.82, 2.24) is 10.3 Å². The van der Waals surface area contributed by atoms with E-state index in [-0.39, 0.29) is 5.91 Å². The average molecular weight is 266 g/mol. The zero-order chi connectivity index (χ0) is 12.8. The van der Waals surface area contributed by atoms with E-state index in [1.807, 2.05) is 24.6 Å². The molecule has 0 aliphatic carbocycles. The largest absolute Gasteiger partial charge is 0.368 e. The summed E-state index contributed by atoms with van der Waals surface area (Å²) >= 11 is 1.50. The zero-order valence-corrected chi connectivity index (χ0v) is 11.3. The van der Waals surface area contributed by atoms with Crippen molar-refractivity contribution in [2.24, 2.45) is 0 Å². The van der Waals surface area contributed by atoms with Crippen LogP contribution < -0.4 is 15.5 Å². The summed E-state index contributed by atoms with van der Waals surface area (Å²) in [6, 6.07) is 3.86. The van der Waals surface area contributed by atoms with Gasteiger partial charge in [0.15, 0.2) is 0 Å². The molecule has 1 saturated heterocycles. The van der Waals surface area contributed by atoms with E-state index in [0.717, 1.165) is 31.9 Å². The molecule has 2 heterocycles.